The van der Waals surface area contributed by atoms with Crippen LogP contribution in [0, 0.1) is 5.41 Å². The van der Waals surface area contributed by atoms with Crippen molar-refractivity contribution in [2.24, 2.45) is 5.41 Å². The minimum absolute atomic E-state index is 0.279. The Labute approximate surface area is 139 Å². The van der Waals surface area contributed by atoms with E-state index in [1.165, 1.54) is 19.3 Å². The summed E-state index contributed by atoms with van der Waals surface area (Å²) >= 11 is 0. The highest BCUT2D eigenvalue weighted by Crippen LogP contribution is 2.37. The van der Waals surface area contributed by atoms with E-state index in [-0.39, 0.29) is 11.3 Å². The molecule has 1 aromatic heterocycles. The standard InChI is InChI=1S/C18H30N4O/c1-3-6-17(2)7-4-13-21(15-17)16(23)18(8-11-19-12-9-18)22-14-5-10-20-22/h5,10,14,19H,3-4,6-9,11-13,15H2,1-2H3. The first-order chi connectivity index (χ1) is 11.1. The van der Waals surface area contributed by atoms with Gasteiger partial charge in [0.05, 0.1) is 0 Å². The van der Waals surface area contributed by atoms with Crippen molar-refractivity contribution in [1.29, 1.82) is 0 Å². The zero-order chi connectivity index (χ0) is 16.3. The van der Waals surface area contributed by atoms with Gasteiger partial charge in [-0.2, -0.15) is 5.10 Å². The number of carbonyl (C=O) groups is 1. The van der Waals surface area contributed by atoms with Crippen LogP contribution in [0.4, 0.5) is 0 Å². The third-order valence-electron chi connectivity index (χ3n) is 5.69. The molecule has 1 aromatic rings. The SMILES string of the molecule is CCCC1(C)CCCN(C(=O)C2(n3cccn3)CCNCC2)C1. The molecule has 0 spiro atoms. The number of nitrogens with one attached hydrogen (secondary N) is 1. The molecule has 0 aromatic carbocycles. The second kappa shape index (κ2) is 6.63. The molecule has 128 valence electrons. The smallest absolute Gasteiger partial charge is 0.250 e. The predicted octanol–water partition coefficient (Wildman–Crippen LogP) is 2.39. The van der Waals surface area contributed by atoms with Crippen LogP contribution in [0.5, 0.6) is 0 Å². The third-order valence-corrected chi connectivity index (χ3v) is 5.69. The van der Waals surface area contributed by atoms with Gasteiger partial charge in [-0.3, -0.25) is 9.48 Å². The van der Waals surface area contributed by atoms with Crippen molar-refractivity contribution in [3.05, 3.63) is 18.5 Å². The largest absolute Gasteiger partial charge is 0.340 e. The molecule has 2 aliphatic rings. The monoisotopic (exact) mass is 318 g/mol. The van der Waals surface area contributed by atoms with Gasteiger partial charge in [0.25, 0.3) is 5.91 Å². The second-order valence-corrected chi connectivity index (χ2v) is 7.62. The van der Waals surface area contributed by atoms with E-state index in [0.29, 0.717) is 0 Å². The van der Waals surface area contributed by atoms with Crippen LogP contribution in [0.1, 0.15) is 52.4 Å². The normalized spacial score (nSPS) is 27.8. The molecule has 2 fully saturated rings. The maximum absolute atomic E-state index is 13.5. The first-order valence-corrected chi connectivity index (χ1v) is 9.10. The fourth-order valence-electron chi connectivity index (χ4n) is 4.49. The quantitative estimate of drug-likeness (QED) is 0.927. The first kappa shape index (κ1) is 16.5. The molecule has 0 bridgehead atoms. The van der Waals surface area contributed by atoms with Gasteiger partial charge in [-0.1, -0.05) is 20.3 Å². The van der Waals surface area contributed by atoms with Crippen LogP contribution >= 0.6 is 0 Å². The lowest BCUT2D eigenvalue weighted by Crippen LogP contribution is -2.58. The van der Waals surface area contributed by atoms with Crippen LogP contribution < -0.4 is 5.32 Å². The third kappa shape index (κ3) is 3.16. The van der Waals surface area contributed by atoms with E-state index in [9.17, 15) is 4.79 Å². The highest BCUT2D eigenvalue weighted by Gasteiger charge is 2.46. The molecule has 2 aliphatic heterocycles. The first-order valence-electron chi connectivity index (χ1n) is 9.10. The highest BCUT2D eigenvalue weighted by molar-refractivity contribution is 5.84. The average molecular weight is 318 g/mol. The Balaban J connectivity index is 1.84. The van der Waals surface area contributed by atoms with Gasteiger partial charge in [-0.05, 0) is 56.7 Å². The van der Waals surface area contributed by atoms with Crippen molar-refractivity contribution in [1.82, 2.24) is 20.0 Å². The van der Waals surface area contributed by atoms with Gasteiger partial charge in [-0.15, -0.1) is 0 Å². The fraction of sp³-hybridized carbons (Fsp3) is 0.778. The van der Waals surface area contributed by atoms with E-state index >= 15 is 0 Å². The number of aromatic nitrogens is 2. The molecule has 3 rings (SSSR count). The summed E-state index contributed by atoms with van der Waals surface area (Å²) in [6.45, 7) is 8.14. The molecular formula is C18H30N4O. The molecule has 1 atom stereocenters. The summed E-state index contributed by atoms with van der Waals surface area (Å²) in [5.74, 6) is 0.282. The van der Waals surface area contributed by atoms with E-state index < -0.39 is 5.54 Å². The summed E-state index contributed by atoms with van der Waals surface area (Å²) in [6, 6.07) is 1.93. The number of nitrogens with zero attached hydrogens (tertiary/aromatic N) is 3. The van der Waals surface area contributed by atoms with E-state index in [2.05, 4.69) is 29.2 Å². The molecule has 1 amide bonds. The molecule has 5 nitrogen and oxygen atoms in total. The molecule has 1 unspecified atom stereocenters. The number of hydrogen-bond acceptors (Lipinski definition) is 3. The van der Waals surface area contributed by atoms with Crippen molar-refractivity contribution < 1.29 is 4.79 Å². The van der Waals surface area contributed by atoms with Crippen molar-refractivity contribution >= 4 is 5.91 Å². The lowest BCUT2D eigenvalue weighted by molar-refractivity contribution is -0.146. The molecule has 0 aliphatic carbocycles. The summed E-state index contributed by atoms with van der Waals surface area (Å²) in [6.07, 6.45) is 10.1. The number of hydrogen-bond donors (Lipinski definition) is 1. The van der Waals surface area contributed by atoms with Gasteiger partial charge >= 0.3 is 0 Å². The van der Waals surface area contributed by atoms with Crippen LogP contribution in [-0.2, 0) is 10.3 Å². The number of piperidine rings is 2. The molecule has 23 heavy (non-hydrogen) atoms. The maximum Gasteiger partial charge on any atom is 0.250 e. The molecule has 3 heterocycles. The number of carbonyl (C=O) groups excluding carboxylic acids is 1. The molecule has 1 N–H and O–H groups in total. The average Bonchev–Trinajstić information content (AvgIpc) is 3.10. The zero-order valence-electron chi connectivity index (χ0n) is 14.6. The Bertz CT molecular complexity index is 517. The second-order valence-electron chi connectivity index (χ2n) is 7.62. The van der Waals surface area contributed by atoms with Crippen molar-refractivity contribution in [3.8, 4) is 0 Å². The maximum atomic E-state index is 13.5. The summed E-state index contributed by atoms with van der Waals surface area (Å²) in [4.78, 5) is 15.6. The van der Waals surface area contributed by atoms with Gasteiger partial charge in [0.2, 0.25) is 0 Å². The van der Waals surface area contributed by atoms with Crippen LogP contribution in [0.3, 0.4) is 0 Å². The Morgan fingerprint density at radius 2 is 2.09 bits per heavy atom. The highest BCUT2D eigenvalue weighted by atomic mass is 16.2. The fourth-order valence-corrected chi connectivity index (χ4v) is 4.49. The van der Waals surface area contributed by atoms with Gasteiger partial charge in [0.1, 0.15) is 5.54 Å². The van der Waals surface area contributed by atoms with Gasteiger partial charge in [-0.25, -0.2) is 0 Å². The number of likely N-dealkylation sites (tertiary alicyclic amines) is 1. The van der Waals surface area contributed by atoms with E-state index in [0.717, 1.165) is 45.4 Å². The number of amides is 1. The van der Waals surface area contributed by atoms with Crippen LogP contribution in [-0.4, -0.2) is 46.8 Å². The minimum Gasteiger partial charge on any atom is -0.340 e. The molecule has 0 saturated carbocycles. The van der Waals surface area contributed by atoms with E-state index in [4.69, 9.17) is 0 Å². The van der Waals surface area contributed by atoms with Gasteiger partial charge < -0.3 is 10.2 Å². The topological polar surface area (TPSA) is 50.2 Å². The molecular weight excluding hydrogens is 288 g/mol. The summed E-state index contributed by atoms with van der Waals surface area (Å²) in [7, 11) is 0. The minimum atomic E-state index is -0.487. The van der Waals surface area contributed by atoms with Crippen molar-refractivity contribution in [2.75, 3.05) is 26.2 Å². The summed E-state index contributed by atoms with van der Waals surface area (Å²) in [5.41, 5.74) is -0.208. The van der Waals surface area contributed by atoms with Gasteiger partial charge in [0, 0.05) is 25.5 Å². The molecule has 0 radical (unpaired) electrons. The van der Waals surface area contributed by atoms with Crippen LogP contribution in [0.15, 0.2) is 18.5 Å². The zero-order valence-corrected chi connectivity index (χ0v) is 14.6. The molecule has 2 saturated heterocycles. The van der Waals surface area contributed by atoms with Crippen LogP contribution in [0.25, 0.3) is 0 Å². The van der Waals surface area contributed by atoms with Gasteiger partial charge in [0.15, 0.2) is 0 Å². The molecule has 5 heteroatoms. The Morgan fingerprint density at radius 1 is 1.30 bits per heavy atom. The number of rotatable bonds is 4. The van der Waals surface area contributed by atoms with Crippen molar-refractivity contribution in [2.45, 2.75) is 57.9 Å². The van der Waals surface area contributed by atoms with E-state index in [1.807, 2.05) is 16.9 Å². The Hall–Kier alpha value is -1.36. The van der Waals surface area contributed by atoms with Crippen molar-refractivity contribution in [3.63, 3.8) is 0 Å². The lowest BCUT2D eigenvalue weighted by atomic mass is 9.77. The van der Waals surface area contributed by atoms with Crippen LogP contribution in [0.2, 0.25) is 0 Å². The summed E-state index contributed by atoms with van der Waals surface area (Å²) < 4.78 is 1.92. The Kier molecular flexibility index (Phi) is 4.76. The predicted molar refractivity (Wildman–Crippen MR) is 91.1 cm³/mol. The lowest BCUT2D eigenvalue weighted by Gasteiger charge is -2.46. The summed E-state index contributed by atoms with van der Waals surface area (Å²) in [5, 5.41) is 7.83. The Morgan fingerprint density at radius 3 is 2.74 bits per heavy atom. The van der Waals surface area contributed by atoms with E-state index in [1.54, 1.807) is 6.20 Å².